The van der Waals surface area contributed by atoms with Gasteiger partial charge in [-0.2, -0.15) is 4.31 Å². The molecule has 17 heavy (non-hydrogen) atoms. The average Bonchev–Trinajstić information content (AvgIpc) is 2.86. The summed E-state index contributed by atoms with van der Waals surface area (Å²) in [5.41, 5.74) is 0. The molecule has 3 heterocycles. The van der Waals surface area contributed by atoms with Gasteiger partial charge in [0.2, 0.25) is 0 Å². The Hall–Kier alpha value is -0.590. The molecule has 94 valence electrons. The Kier molecular flexibility index (Phi) is 2.68. The van der Waals surface area contributed by atoms with E-state index in [2.05, 4.69) is 9.97 Å². The normalized spacial score (nSPS) is 34.1. The zero-order chi connectivity index (χ0) is 12.0. The SMILES string of the molecule is O=S(=O)(c1cnc[nH]1)N1C2CCC1CC(Cl)C2. The Morgan fingerprint density at radius 1 is 1.35 bits per heavy atom. The van der Waals surface area contributed by atoms with E-state index >= 15 is 0 Å². The van der Waals surface area contributed by atoms with Gasteiger partial charge in [0.15, 0.2) is 5.03 Å². The fraction of sp³-hybridized carbons (Fsp3) is 0.700. The zero-order valence-electron chi connectivity index (χ0n) is 9.21. The number of nitrogens with zero attached hydrogens (tertiary/aromatic N) is 2. The largest absolute Gasteiger partial charge is 0.335 e. The van der Waals surface area contributed by atoms with Crippen molar-refractivity contribution in [3.63, 3.8) is 0 Å². The molecule has 0 amide bonds. The summed E-state index contributed by atoms with van der Waals surface area (Å²) in [7, 11) is -3.42. The monoisotopic (exact) mass is 275 g/mol. The van der Waals surface area contributed by atoms with Crippen LogP contribution in [0.1, 0.15) is 25.7 Å². The predicted octanol–water partition coefficient (Wildman–Crippen LogP) is 1.33. The molecule has 5 nitrogen and oxygen atoms in total. The van der Waals surface area contributed by atoms with Crippen LogP contribution in [-0.2, 0) is 10.0 Å². The van der Waals surface area contributed by atoms with Crippen molar-refractivity contribution in [2.24, 2.45) is 0 Å². The number of nitrogens with one attached hydrogen (secondary N) is 1. The minimum Gasteiger partial charge on any atom is -0.335 e. The maximum Gasteiger partial charge on any atom is 0.260 e. The second-order valence-corrected chi connectivity index (χ2v) is 7.13. The van der Waals surface area contributed by atoms with Crippen LogP contribution < -0.4 is 0 Å². The predicted molar refractivity (Wildman–Crippen MR) is 63.3 cm³/mol. The molecule has 1 N–H and O–H groups in total. The smallest absolute Gasteiger partial charge is 0.260 e. The van der Waals surface area contributed by atoms with Gasteiger partial charge in [0.25, 0.3) is 10.0 Å². The molecule has 0 saturated carbocycles. The lowest BCUT2D eigenvalue weighted by atomic mass is 10.1. The van der Waals surface area contributed by atoms with Gasteiger partial charge in [-0.25, -0.2) is 13.4 Å². The third-order valence-electron chi connectivity index (χ3n) is 3.64. The minimum absolute atomic E-state index is 0.0598. The van der Waals surface area contributed by atoms with E-state index in [1.807, 2.05) is 0 Å². The fourth-order valence-electron chi connectivity index (χ4n) is 2.96. The Morgan fingerprint density at radius 3 is 2.53 bits per heavy atom. The number of aromatic nitrogens is 2. The van der Waals surface area contributed by atoms with Crippen molar-refractivity contribution in [2.45, 2.75) is 48.2 Å². The summed E-state index contributed by atoms with van der Waals surface area (Å²) in [5, 5.41) is 0.295. The molecule has 2 bridgehead atoms. The molecule has 7 heteroatoms. The van der Waals surface area contributed by atoms with E-state index in [1.54, 1.807) is 4.31 Å². The maximum atomic E-state index is 12.4. The van der Waals surface area contributed by atoms with Crippen molar-refractivity contribution < 1.29 is 8.42 Å². The van der Waals surface area contributed by atoms with Gasteiger partial charge in [-0.1, -0.05) is 0 Å². The number of fused-ring (bicyclic) bond motifs is 2. The number of halogens is 1. The Morgan fingerprint density at radius 2 is 2.00 bits per heavy atom. The summed E-state index contributed by atoms with van der Waals surface area (Å²) >= 11 is 6.15. The molecule has 2 unspecified atom stereocenters. The Labute approximate surface area is 105 Å². The van der Waals surface area contributed by atoms with Gasteiger partial charge in [-0.05, 0) is 25.7 Å². The molecule has 2 fully saturated rings. The molecule has 2 aliphatic rings. The molecule has 2 saturated heterocycles. The van der Waals surface area contributed by atoms with E-state index in [-0.39, 0.29) is 22.5 Å². The van der Waals surface area contributed by atoms with Crippen molar-refractivity contribution in [1.29, 1.82) is 0 Å². The van der Waals surface area contributed by atoms with Crippen LogP contribution in [-0.4, -0.2) is 40.2 Å². The number of rotatable bonds is 2. The average molecular weight is 276 g/mol. The van der Waals surface area contributed by atoms with Crippen LogP contribution >= 0.6 is 11.6 Å². The number of hydrogen-bond acceptors (Lipinski definition) is 3. The summed E-state index contributed by atoms with van der Waals surface area (Å²) in [6.45, 7) is 0. The third kappa shape index (κ3) is 1.78. The molecule has 3 rings (SSSR count). The van der Waals surface area contributed by atoms with Gasteiger partial charge >= 0.3 is 0 Å². The number of hydrogen-bond donors (Lipinski definition) is 1. The molecule has 0 aromatic carbocycles. The molecule has 0 aliphatic carbocycles. The van der Waals surface area contributed by atoms with Crippen LogP contribution in [0.25, 0.3) is 0 Å². The molecule has 1 aromatic heterocycles. The molecule has 0 radical (unpaired) electrons. The summed E-state index contributed by atoms with van der Waals surface area (Å²) in [6.07, 6.45) is 6.10. The number of alkyl halides is 1. The van der Waals surface area contributed by atoms with Crippen molar-refractivity contribution in [3.8, 4) is 0 Å². The van der Waals surface area contributed by atoms with Crippen molar-refractivity contribution in [2.75, 3.05) is 0 Å². The quantitative estimate of drug-likeness (QED) is 0.828. The van der Waals surface area contributed by atoms with Crippen molar-refractivity contribution in [1.82, 2.24) is 14.3 Å². The number of sulfonamides is 1. The maximum absolute atomic E-state index is 12.4. The Balaban J connectivity index is 1.96. The van der Waals surface area contributed by atoms with Gasteiger partial charge in [-0.15, -0.1) is 11.6 Å². The molecular weight excluding hydrogens is 262 g/mol. The number of aromatic amines is 1. The highest BCUT2D eigenvalue weighted by Gasteiger charge is 2.47. The highest BCUT2D eigenvalue weighted by atomic mass is 35.5. The second kappa shape index (κ2) is 3.96. The fourth-order valence-corrected chi connectivity index (χ4v) is 5.16. The van der Waals surface area contributed by atoms with Gasteiger partial charge in [0, 0.05) is 17.5 Å². The topological polar surface area (TPSA) is 66.1 Å². The van der Waals surface area contributed by atoms with Crippen LogP contribution in [0.5, 0.6) is 0 Å². The number of H-pyrrole nitrogens is 1. The second-order valence-electron chi connectivity index (χ2n) is 4.70. The van der Waals surface area contributed by atoms with Crippen molar-refractivity contribution in [3.05, 3.63) is 12.5 Å². The molecule has 0 spiro atoms. The van der Waals surface area contributed by atoms with Crippen LogP contribution in [0, 0.1) is 0 Å². The molecule has 2 atom stereocenters. The van der Waals surface area contributed by atoms with E-state index in [0.29, 0.717) is 0 Å². The first kappa shape index (κ1) is 11.5. The molecule has 1 aromatic rings. The summed E-state index contributed by atoms with van der Waals surface area (Å²) < 4.78 is 26.5. The highest BCUT2D eigenvalue weighted by molar-refractivity contribution is 7.89. The molecule has 2 aliphatic heterocycles. The minimum atomic E-state index is -3.42. The summed E-state index contributed by atoms with van der Waals surface area (Å²) in [5.74, 6) is 0. The van der Waals surface area contributed by atoms with Crippen LogP contribution in [0.2, 0.25) is 0 Å². The Bertz CT molecular complexity index is 488. The van der Waals surface area contributed by atoms with Crippen molar-refractivity contribution >= 4 is 21.6 Å². The standard InChI is InChI=1S/C10H14ClN3O2S/c11-7-3-8-1-2-9(4-7)14(8)17(15,16)10-5-12-6-13-10/h5-9H,1-4H2,(H,12,13). The summed E-state index contributed by atoms with van der Waals surface area (Å²) in [4.78, 5) is 6.46. The van der Waals surface area contributed by atoms with E-state index in [4.69, 9.17) is 11.6 Å². The van der Waals surface area contributed by atoms with Crippen LogP contribution in [0.15, 0.2) is 17.6 Å². The van der Waals surface area contributed by atoms with E-state index in [1.165, 1.54) is 12.5 Å². The zero-order valence-corrected chi connectivity index (χ0v) is 10.8. The first-order chi connectivity index (χ1) is 8.09. The van der Waals surface area contributed by atoms with Gasteiger partial charge in [0.05, 0.1) is 12.5 Å². The first-order valence-electron chi connectivity index (χ1n) is 5.75. The first-order valence-corrected chi connectivity index (χ1v) is 7.62. The molecular formula is C10H14ClN3O2S. The van der Waals surface area contributed by atoms with Crippen LogP contribution in [0.3, 0.4) is 0 Å². The number of piperidine rings is 1. The van der Waals surface area contributed by atoms with Gasteiger partial charge in [0.1, 0.15) is 0 Å². The van der Waals surface area contributed by atoms with E-state index in [9.17, 15) is 8.42 Å². The van der Waals surface area contributed by atoms with Gasteiger partial charge in [-0.3, -0.25) is 0 Å². The lowest BCUT2D eigenvalue weighted by Crippen LogP contribution is -2.46. The third-order valence-corrected chi connectivity index (χ3v) is 5.92. The lowest BCUT2D eigenvalue weighted by Gasteiger charge is -2.35. The van der Waals surface area contributed by atoms with E-state index < -0.39 is 10.0 Å². The van der Waals surface area contributed by atoms with Crippen LogP contribution in [0.4, 0.5) is 0 Å². The van der Waals surface area contributed by atoms with E-state index in [0.717, 1.165) is 25.7 Å². The number of imidazole rings is 1. The lowest BCUT2D eigenvalue weighted by molar-refractivity contribution is 0.250. The van der Waals surface area contributed by atoms with Gasteiger partial charge < -0.3 is 4.98 Å². The highest BCUT2D eigenvalue weighted by Crippen LogP contribution is 2.40. The summed E-state index contributed by atoms with van der Waals surface area (Å²) in [6, 6.07) is 0.120.